The zero-order chi connectivity index (χ0) is 18.2. The van der Waals surface area contributed by atoms with Crippen molar-refractivity contribution in [2.45, 2.75) is 66.4 Å². The summed E-state index contributed by atoms with van der Waals surface area (Å²) in [4.78, 5) is 14.0. The molecule has 0 aromatic carbocycles. The van der Waals surface area contributed by atoms with Gasteiger partial charge in [0.15, 0.2) is 0 Å². The number of ether oxygens (including phenoxy) is 2. The number of hydrogen-bond donors (Lipinski definition) is 0. The molecule has 0 unspecified atom stereocenters. The van der Waals surface area contributed by atoms with Crippen LogP contribution in [0.15, 0.2) is 24.0 Å². The molecular weight excluding hydrogens is 302 g/mol. The van der Waals surface area contributed by atoms with Crippen LogP contribution in [0.2, 0.25) is 0 Å². The van der Waals surface area contributed by atoms with E-state index in [1.807, 2.05) is 39.5 Å². The molecule has 1 fully saturated rings. The smallest absolute Gasteiger partial charge is 0.410 e. The topological polar surface area (TPSA) is 38.8 Å². The molecule has 1 aliphatic carbocycles. The average molecular weight is 338 g/mol. The van der Waals surface area contributed by atoms with E-state index < -0.39 is 5.60 Å². The number of carbonyl (C=O) groups excluding carboxylic acids is 1. The van der Waals surface area contributed by atoms with E-state index >= 15 is 0 Å². The van der Waals surface area contributed by atoms with Crippen molar-refractivity contribution in [3.8, 4) is 0 Å². The minimum absolute atomic E-state index is 0.206. The SMILES string of the molecule is CC.C[C@H]1C=CC(OC[C@@H]2CCCN(C(=O)OC(C)(C)C)C2)=CC1. The van der Waals surface area contributed by atoms with Crippen LogP contribution in [0.3, 0.4) is 0 Å². The normalized spacial score (nSPS) is 23.8. The van der Waals surface area contributed by atoms with Crippen LogP contribution >= 0.6 is 0 Å². The minimum Gasteiger partial charge on any atom is -0.494 e. The van der Waals surface area contributed by atoms with Gasteiger partial charge in [0.25, 0.3) is 0 Å². The second kappa shape index (κ2) is 9.75. The Morgan fingerprint density at radius 2 is 2.04 bits per heavy atom. The first kappa shape index (κ1) is 20.6. The van der Waals surface area contributed by atoms with Gasteiger partial charge in [-0.1, -0.05) is 26.8 Å². The fourth-order valence-corrected chi connectivity index (χ4v) is 2.72. The molecule has 0 aromatic heterocycles. The Kier molecular flexibility index (Phi) is 8.37. The lowest BCUT2D eigenvalue weighted by molar-refractivity contribution is 0.0118. The third-order valence-corrected chi connectivity index (χ3v) is 3.94. The number of allylic oxidation sites excluding steroid dienone is 3. The Bertz CT molecular complexity index is 448. The Labute approximate surface area is 147 Å². The highest BCUT2D eigenvalue weighted by Gasteiger charge is 2.28. The van der Waals surface area contributed by atoms with Crippen molar-refractivity contribution in [1.82, 2.24) is 4.90 Å². The summed E-state index contributed by atoms with van der Waals surface area (Å²) in [6.45, 7) is 14.1. The molecule has 4 heteroatoms. The zero-order valence-corrected chi connectivity index (χ0v) is 16.3. The molecule has 1 saturated heterocycles. The average Bonchev–Trinajstić information content (AvgIpc) is 2.55. The van der Waals surface area contributed by atoms with Crippen LogP contribution in [-0.2, 0) is 9.47 Å². The highest BCUT2D eigenvalue weighted by Crippen LogP contribution is 2.22. The monoisotopic (exact) mass is 337 g/mol. The van der Waals surface area contributed by atoms with Gasteiger partial charge in [0.2, 0.25) is 0 Å². The Hall–Kier alpha value is -1.45. The van der Waals surface area contributed by atoms with Gasteiger partial charge in [-0.05, 0) is 58.1 Å². The van der Waals surface area contributed by atoms with Crippen LogP contribution in [0.4, 0.5) is 4.79 Å². The summed E-state index contributed by atoms with van der Waals surface area (Å²) in [5.41, 5.74) is -0.436. The van der Waals surface area contributed by atoms with Gasteiger partial charge in [-0.3, -0.25) is 0 Å². The fourth-order valence-electron chi connectivity index (χ4n) is 2.72. The second-order valence-corrected chi connectivity index (χ2v) is 7.42. The lowest BCUT2D eigenvalue weighted by Crippen LogP contribution is -2.43. The first-order chi connectivity index (χ1) is 11.3. The van der Waals surface area contributed by atoms with Crippen molar-refractivity contribution in [1.29, 1.82) is 0 Å². The third-order valence-electron chi connectivity index (χ3n) is 3.94. The summed E-state index contributed by atoms with van der Waals surface area (Å²) in [7, 11) is 0. The molecule has 0 bridgehead atoms. The molecule has 24 heavy (non-hydrogen) atoms. The Balaban J connectivity index is 0.00000139. The summed E-state index contributed by atoms with van der Waals surface area (Å²) in [5, 5.41) is 0. The lowest BCUT2D eigenvalue weighted by Gasteiger charge is -2.34. The van der Waals surface area contributed by atoms with Gasteiger partial charge in [-0.2, -0.15) is 0 Å². The number of rotatable bonds is 3. The molecular formula is C20H35NO3. The van der Waals surface area contributed by atoms with Crippen LogP contribution in [0.25, 0.3) is 0 Å². The molecule has 2 rings (SSSR count). The Morgan fingerprint density at radius 1 is 1.33 bits per heavy atom. The van der Waals surface area contributed by atoms with Crippen LogP contribution in [0, 0.1) is 11.8 Å². The van der Waals surface area contributed by atoms with Gasteiger partial charge >= 0.3 is 6.09 Å². The van der Waals surface area contributed by atoms with E-state index in [1.54, 1.807) is 0 Å². The van der Waals surface area contributed by atoms with Crippen molar-refractivity contribution in [2.75, 3.05) is 19.7 Å². The molecule has 0 N–H and O–H groups in total. The van der Waals surface area contributed by atoms with Gasteiger partial charge in [0.05, 0.1) is 6.61 Å². The van der Waals surface area contributed by atoms with Crippen LogP contribution < -0.4 is 0 Å². The highest BCUT2D eigenvalue weighted by atomic mass is 16.6. The molecule has 138 valence electrons. The van der Waals surface area contributed by atoms with Crippen LogP contribution in [-0.4, -0.2) is 36.3 Å². The molecule has 0 aromatic rings. The lowest BCUT2D eigenvalue weighted by atomic mass is 9.99. The predicted molar refractivity (Wildman–Crippen MR) is 98.8 cm³/mol. The largest absolute Gasteiger partial charge is 0.494 e. The molecule has 1 amide bonds. The standard InChI is InChI=1S/C18H29NO3.C2H6/c1-14-7-9-16(10-8-14)21-13-15-6-5-11-19(12-15)17(20)22-18(2,3)4;1-2/h7,9-10,14-15H,5-6,8,11-13H2,1-4H3;1-2H3/t14-,15+;/m0./s1. The number of piperidine rings is 1. The van der Waals surface area contributed by atoms with Gasteiger partial charge < -0.3 is 14.4 Å². The number of amides is 1. The van der Waals surface area contributed by atoms with Crippen molar-refractivity contribution < 1.29 is 14.3 Å². The van der Waals surface area contributed by atoms with Crippen molar-refractivity contribution in [3.63, 3.8) is 0 Å². The maximum absolute atomic E-state index is 12.1. The fraction of sp³-hybridized carbons (Fsp3) is 0.750. The van der Waals surface area contributed by atoms with Crippen LogP contribution in [0.5, 0.6) is 0 Å². The molecule has 1 aliphatic heterocycles. The van der Waals surface area contributed by atoms with Crippen molar-refractivity contribution in [2.24, 2.45) is 11.8 Å². The quantitative estimate of drug-likeness (QED) is 0.714. The highest BCUT2D eigenvalue weighted by molar-refractivity contribution is 5.68. The zero-order valence-electron chi connectivity index (χ0n) is 16.3. The van der Waals surface area contributed by atoms with Gasteiger partial charge in [-0.25, -0.2) is 4.79 Å². The summed E-state index contributed by atoms with van der Waals surface area (Å²) >= 11 is 0. The number of likely N-dealkylation sites (tertiary alicyclic amines) is 1. The van der Waals surface area contributed by atoms with E-state index in [9.17, 15) is 4.79 Å². The molecule has 2 atom stereocenters. The molecule has 0 saturated carbocycles. The van der Waals surface area contributed by atoms with Gasteiger partial charge in [0.1, 0.15) is 11.4 Å². The van der Waals surface area contributed by atoms with E-state index in [-0.39, 0.29) is 6.09 Å². The minimum atomic E-state index is -0.436. The molecule has 1 heterocycles. The first-order valence-corrected chi connectivity index (χ1v) is 9.32. The molecule has 2 aliphatic rings. The molecule has 4 nitrogen and oxygen atoms in total. The van der Waals surface area contributed by atoms with E-state index in [1.165, 1.54) is 0 Å². The first-order valence-electron chi connectivity index (χ1n) is 9.32. The number of carbonyl (C=O) groups is 1. The summed E-state index contributed by atoms with van der Waals surface area (Å²) in [6, 6.07) is 0. The summed E-state index contributed by atoms with van der Waals surface area (Å²) < 4.78 is 11.4. The molecule has 0 spiro atoms. The van der Waals surface area contributed by atoms with E-state index in [0.29, 0.717) is 18.4 Å². The summed E-state index contributed by atoms with van der Waals surface area (Å²) in [6.07, 6.45) is 9.35. The Morgan fingerprint density at radius 3 is 2.62 bits per heavy atom. The summed E-state index contributed by atoms with van der Waals surface area (Å²) in [5.74, 6) is 1.95. The van der Waals surface area contributed by atoms with E-state index in [4.69, 9.17) is 9.47 Å². The van der Waals surface area contributed by atoms with Gasteiger partial charge in [-0.15, -0.1) is 0 Å². The van der Waals surface area contributed by atoms with E-state index in [0.717, 1.165) is 38.1 Å². The number of hydrogen-bond acceptors (Lipinski definition) is 3. The maximum Gasteiger partial charge on any atom is 0.410 e. The van der Waals surface area contributed by atoms with Crippen molar-refractivity contribution in [3.05, 3.63) is 24.0 Å². The maximum atomic E-state index is 12.1. The molecule has 0 radical (unpaired) electrons. The second-order valence-electron chi connectivity index (χ2n) is 7.42. The third kappa shape index (κ3) is 7.41. The number of nitrogens with zero attached hydrogens (tertiary/aromatic N) is 1. The van der Waals surface area contributed by atoms with Crippen LogP contribution in [0.1, 0.15) is 60.8 Å². The predicted octanol–water partition coefficient (Wildman–Crippen LogP) is 5.16. The van der Waals surface area contributed by atoms with Gasteiger partial charge in [0, 0.05) is 19.0 Å². The van der Waals surface area contributed by atoms with E-state index in [2.05, 4.69) is 25.2 Å². The van der Waals surface area contributed by atoms with Crippen molar-refractivity contribution >= 4 is 6.09 Å².